The third kappa shape index (κ3) is 2.36. The zero-order valence-electron chi connectivity index (χ0n) is 9.61. The predicted octanol–water partition coefficient (Wildman–Crippen LogP) is 3.97. The third-order valence-electron chi connectivity index (χ3n) is 2.60. The highest BCUT2D eigenvalue weighted by atomic mass is 35.5. The van der Waals surface area contributed by atoms with E-state index in [1.165, 1.54) is 19.2 Å². The molecule has 0 bridgehead atoms. The number of rotatable bonds is 3. The van der Waals surface area contributed by atoms with Gasteiger partial charge in [0.05, 0.1) is 12.7 Å². The van der Waals surface area contributed by atoms with Crippen molar-refractivity contribution in [2.75, 3.05) is 7.11 Å². The van der Waals surface area contributed by atoms with Crippen LogP contribution < -0.4 is 4.74 Å². The molecule has 0 aliphatic heterocycles. The molecule has 0 aromatic heterocycles. The Hall–Kier alpha value is -1.87. The number of hydrogen-bond acceptors (Lipinski definition) is 2. The van der Waals surface area contributed by atoms with E-state index in [9.17, 15) is 9.18 Å². The van der Waals surface area contributed by atoms with Crippen LogP contribution in [0.15, 0.2) is 36.4 Å². The molecular weight excluding hydrogens is 255 g/mol. The van der Waals surface area contributed by atoms with Crippen molar-refractivity contribution in [2.45, 2.75) is 0 Å². The Balaban J connectivity index is 2.58. The molecule has 0 aliphatic rings. The lowest BCUT2D eigenvalue weighted by Gasteiger charge is -2.09. The normalized spacial score (nSPS) is 10.2. The van der Waals surface area contributed by atoms with Gasteiger partial charge in [0.1, 0.15) is 11.6 Å². The van der Waals surface area contributed by atoms with Gasteiger partial charge in [0.25, 0.3) is 0 Å². The first-order valence-corrected chi connectivity index (χ1v) is 5.62. The summed E-state index contributed by atoms with van der Waals surface area (Å²) in [7, 11) is 1.53. The summed E-state index contributed by atoms with van der Waals surface area (Å²) in [4.78, 5) is 10.7. The fourth-order valence-corrected chi connectivity index (χ4v) is 1.87. The largest absolute Gasteiger partial charge is 0.496 e. The lowest BCUT2D eigenvalue weighted by atomic mass is 10.0. The molecule has 2 aromatic rings. The number of carbonyl (C=O) groups excluding carboxylic acids is 1. The molecule has 92 valence electrons. The van der Waals surface area contributed by atoms with Crippen molar-refractivity contribution in [1.82, 2.24) is 0 Å². The number of ether oxygens (including phenoxy) is 1. The van der Waals surface area contributed by atoms with E-state index in [0.29, 0.717) is 22.6 Å². The van der Waals surface area contributed by atoms with E-state index in [1.807, 2.05) is 0 Å². The lowest BCUT2D eigenvalue weighted by molar-refractivity contribution is 0.112. The SMILES string of the molecule is COc1cc(Cl)ccc1-c1ccc(F)c(C=O)c1. The van der Waals surface area contributed by atoms with E-state index in [4.69, 9.17) is 16.3 Å². The first kappa shape index (κ1) is 12.6. The minimum absolute atomic E-state index is 0.0181. The molecule has 0 saturated heterocycles. The second-order valence-electron chi connectivity index (χ2n) is 3.70. The van der Waals surface area contributed by atoms with Crippen molar-refractivity contribution >= 4 is 17.9 Å². The van der Waals surface area contributed by atoms with E-state index < -0.39 is 5.82 Å². The summed E-state index contributed by atoms with van der Waals surface area (Å²) < 4.78 is 18.5. The summed E-state index contributed by atoms with van der Waals surface area (Å²) in [6, 6.07) is 9.47. The van der Waals surface area contributed by atoms with Crippen LogP contribution in [0, 0.1) is 5.82 Å². The number of methoxy groups -OCH3 is 1. The van der Waals surface area contributed by atoms with Crippen molar-refractivity contribution in [1.29, 1.82) is 0 Å². The monoisotopic (exact) mass is 264 g/mol. The van der Waals surface area contributed by atoms with Crippen molar-refractivity contribution in [2.24, 2.45) is 0 Å². The molecule has 2 nitrogen and oxygen atoms in total. The van der Waals surface area contributed by atoms with Gasteiger partial charge >= 0.3 is 0 Å². The van der Waals surface area contributed by atoms with Crippen LogP contribution in [0.1, 0.15) is 10.4 Å². The van der Waals surface area contributed by atoms with Crippen molar-refractivity contribution in [3.8, 4) is 16.9 Å². The van der Waals surface area contributed by atoms with Gasteiger partial charge in [-0.3, -0.25) is 4.79 Å². The second kappa shape index (κ2) is 5.19. The molecule has 0 N–H and O–H groups in total. The Morgan fingerprint density at radius 2 is 2.00 bits per heavy atom. The predicted molar refractivity (Wildman–Crippen MR) is 68.8 cm³/mol. The minimum atomic E-state index is -0.540. The fourth-order valence-electron chi connectivity index (χ4n) is 1.71. The molecule has 0 fully saturated rings. The van der Waals surface area contributed by atoms with Crippen LogP contribution in [0.4, 0.5) is 4.39 Å². The van der Waals surface area contributed by atoms with Crippen LogP contribution in [0.3, 0.4) is 0 Å². The van der Waals surface area contributed by atoms with Gasteiger partial charge < -0.3 is 4.74 Å². The fraction of sp³-hybridized carbons (Fsp3) is 0.0714. The summed E-state index contributed by atoms with van der Waals surface area (Å²) in [5.74, 6) is 0.0348. The maximum atomic E-state index is 13.2. The highest BCUT2D eigenvalue weighted by molar-refractivity contribution is 6.30. The molecule has 2 rings (SSSR count). The Morgan fingerprint density at radius 1 is 1.22 bits per heavy atom. The number of halogens is 2. The Kier molecular flexibility index (Phi) is 3.63. The minimum Gasteiger partial charge on any atom is -0.496 e. The van der Waals surface area contributed by atoms with Gasteiger partial charge in [-0.1, -0.05) is 17.7 Å². The Labute approximate surface area is 109 Å². The Morgan fingerprint density at radius 3 is 2.67 bits per heavy atom. The molecule has 0 atom stereocenters. The second-order valence-corrected chi connectivity index (χ2v) is 4.14. The molecule has 4 heteroatoms. The molecule has 18 heavy (non-hydrogen) atoms. The van der Waals surface area contributed by atoms with Crippen LogP contribution >= 0.6 is 11.6 Å². The van der Waals surface area contributed by atoms with Crippen LogP contribution in [-0.4, -0.2) is 13.4 Å². The zero-order valence-corrected chi connectivity index (χ0v) is 10.4. The number of aldehydes is 1. The van der Waals surface area contributed by atoms with E-state index in [2.05, 4.69) is 0 Å². The first-order valence-electron chi connectivity index (χ1n) is 5.24. The summed E-state index contributed by atoms with van der Waals surface area (Å²) in [6.07, 6.45) is 0.487. The van der Waals surface area contributed by atoms with Gasteiger partial charge in [-0.25, -0.2) is 4.39 Å². The highest BCUT2D eigenvalue weighted by Crippen LogP contribution is 2.32. The van der Waals surface area contributed by atoms with Gasteiger partial charge in [0.15, 0.2) is 6.29 Å². The van der Waals surface area contributed by atoms with Crippen LogP contribution in [0.5, 0.6) is 5.75 Å². The van der Waals surface area contributed by atoms with Crippen LogP contribution in [-0.2, 0) is 0 Å². The van der Waals surface area contributed by atoms with Gasteiger partial charge in [-0.05, 0) is 35.9 Å². The molecule has 0 spiro atoms. The van der Waals surface area contributed by atoms with Gasteiger partial charge in [-0.2, -0.15) is 0 Å². The highest BCUT2D eigenvalue weighted by Gasteiger charge is 2.09. The first-order chi connectivity index (χ1) is 8.65. The maximum absolute atomic E-state index is 13.2. The lowest BCUT2D eigenvalue weighted by Crippen LogP contribution is -1.91. The molecular formula is C14H10ClFO2. The van der Waals surface area contributed by atoms with E-state index in [1.54, 1.807) is 24.3 Å². The number of benzene rings is 2. The quantitative estimate of drug-likeness (QED) is 0.784. The maximum Gasteiger partial charge on any atom is 0.153 e. The average Bonchev–Trinajstić information content (AvgIpc) is 2.39. The summed E-state index contributed by atoms with van der Waals surface area (Å²) in [5.41, 5.74) is 1.47. The van der Waals surface area contributed by atoms with E-state index in [0.717, 1.165) is 5.56 Å². The van der Waals surface area contributed by atoms with Gasteiger partial charge in [0.2, 0.25) is 0 Å². The standard InChI is InChI=1S/C14H10ClFO2/c1-18-14-7-11(15)3-4-12(14)9-2-5-13(16)10(6-9)8-17/h2-8H,1H3. The number of carbonyl (C=O) groups is 1. The van der Waals surface area contributed by atoms with Crippen molar-refractivity contribution in [3.05, 3.63) is 52.8 Å². The molecule has 0 radical (unpaired) electrons. The average molecular weight is 265 g/mol. The van der Waals surface area contributed by atoms with Crippen LogP contribution in [0.2, 0.25) is 5.02 Å². The summed E-state index contributed by atoms with van der Waals surface area (Å²) in [6.45, 7) is 0. The molecule has 0 heterocycles. The number of hydrogen-bond donors (Lipinski definition) is 0. The van der Waals surface area contributed by atoms with Crippen molar-refractivity contribution in [3.63, 3.8) is 0 Å². The van der Waals surface area contributed by atoms with Crippen LogP contribution in [0.25, 0.3) is 11.1 Å². The molecule has 0 aliphatic carbocycles. The van der Waals surface area contributed by atoms with Gasteiger partial charge in [-0.15, -0.1) is 0 Å². The summed E-state index contributed by atoms with van der Waals surface area (Å²) >= 11 is 5.87. The van der Waals surface area contributed by atoms with Gasteiger partial charge in [0, 0.05) is 10.6 Å². The zero-order chi connectivity index (χ0) is 13.1. The van der Waals surface area contributed by atoms with Crippen molar-refractivity contribution < 1.29 is 13.9 Å². The smallest absolute Gasteiger partial charge is 0.153 e. The van der Waals surface area contributed by atoms with E-state index in [-0.39, 0.29) is 5.56 Å². The molecule has 0 amide bonds. The third-order valence-corrected chi connectivity index (χ3v) is 2.83. The summed E-state index contributed by atoms with van der Waals surface area (Å²) in [5, 5.41) is 0.549. The van der Waals surface area contributed by atoms with E-state index >= 15 is 0 Å². The Bertz CT molecular complexity index is 596. The molecule has 0 unspecified atom stereocenters. The topological polar surface area (TPSA) is 26.3 Å². The molecule has 0 saturated carbocycles. The molecule has 2 aromatic carbocycles.